The molecule has 0 amide bonds. The molecular weight excluding hydrogens is 312 g/mol. The van der Waals surface area contributed by atoms with Crippen LogP contribution in [0.4, 0.5) is 0 Å². The van der Waals surface area contributed by atoms with E-state index in [4.69, 9.17) is 4.98 Å². The lowest BCUT2D eigenvalue weighted by molar-refractivity contribution is 0.0221. The van der Waals surface area contributed by atoms with Gasteiger partial charge in [0.15, 0.2) is 0 Å². The van der Waals surface area contributed by atoms with E-state index in [0.29, 0.717) is 0 Å². The summed E-state index contributed by atoms with van der Waals surface area (Å²) in [5.74, 6) is 0. The molecule has 134 valence electrons. The summed E-state index contributed by atoms with van der Waals surface area (Å²) < 4.78 is 1.98. The lowest BCUT2D eigenvalue weighted by atomic mass is 9.79. The summed E-state index contributed by atoms with van der Waals surface area (Å²) in [4.78, 5) is 13.1. The zero-order valence-electron chi connectivity index (χ0n) is 15.3. The van der Waals surface area contributed by atoms with Crippen molar-refractivity contribution in [2.45, 2.75) is 44.8 Å². The molecule has 6 heteroatoms. The first-order valence-corrected chi connectivity index (χ1v) is 9.22. The molecule has 0 unspecified atom stereocenters. The first-order chi connectivity index (χ1) is 12.1. The number of aromatic nitrogens is 4. The highest BCUT2D eigenvalue weighted by Gasteiger charge is 2.44. The summed E-state index contributed by atoms with van der Waals surface area (Å²) in [5, 5.41) is 4.58. The third-order valence-corrected chi connectivity index (χ3v) is 6.03. The number of fused-ring (bicyclic) bond motifs is 2. The van der Waals surface area contributed by atoms with Crippen LogP contribution in [0.1, 0.15) is 35.5 Å². The molecule has 1 spiro atoms. The Labute approximate surface area is 149 Å². The third-order valence-electron chi connectivity index (χ3n) is 6.03. The van der Waals surface area contributed by atoms with Crippen molar-refractivity contribution < 1.29 is 0 Å². The number of likely N-dealkylation sites (N-methyl/N-ethyl adjacent to an activating group) is 1. The number of rotatable bonds is 4. The zero-order chi connectivity index (χ0) is 17.4. The van der Waals surface area contributed by atoms with E-state index >= 15 is 0 Å². The Bertz CT molecular complexity index is 750. The molecule has 0 atom stereocenters. The molecular formula is C19H28N6. The van der Waals surface area contributed by atoms with Gasteiger partial charge in [-0.1, -0.05) is 6.08 Å². The Morgan fingerprint density at radius 2 is 2.12 bits per heavy atom. The number of aromatic amines is 1. The molecule has 2 aliphatic rings. The average molecular weight is 340 g/mol. The molecule has 25 heavy (non-hydrogen) atoms. The predicted molar refractivity (Wildman–Crippen MR) is 98.3 cm³/mol. The van der Waals surface area contributed by atoms with E-state index < -0.39 is 0 Å². The number of likely N-dealkylation sites (tertiary alicyclic amines) is 1. The maximum Gasteiger partial charge on any atom is 0.0926 e. The predicted octanol–water partition coefficient (Wildman–Crippen LogP) is 2.08. The van der Waals surface area contributed by atoms with Crippen molar-refractivity contribution in [3.8, 4) is 0 Å². The molecule has 4 heterocycles. The quantitative estimate of drug-likeness (QED) is 0.866. The Hall–Kier alpha value is -1.92. The molecule has 0 bridgehead atoms. The van der Waals surface area contributed by atoms with Crippen molar-refractivity contribution in [2.24, 2.45) is 0 Å². The van der Waals surface area contributed by atoms with Crippen LogP contribution in [0.25, 0.3) is 0 Å². The Morgan fingerprint density at radius 1 is 1.32 bits per heavy atom. The minimum atomic E-state index is 0.117. The van der Waals surface area contributed by atoms with Crippen molar-refractivity contribution in [1.29, 1.82) is 0 Å². The fraction of sp³-hybridized carbons (Fsp3) is 0.579. The minimum absolute atomic E-state index is 0.117. The van der Waals surface area contributed by atoms with Crippen LogP contribution in [0.5, 0.6) is 0 Å². The van der Waals surface area contributed by atoms with Gasteiger partial charge in [0.1, 0.15) is 0 Å². The second-order valence-electron chi connectivity index (χ2n) is 7.46. The molecule has 1 saturated heterocycles. The van der Waals surface area contributed by atoms with E-state index in [2.05, 4.69) is 46.6 Å². The number of aryl methyl sites for hydroxylation is 1. The minimum Gasteiger partial charge on any atom is -0.348 e. The summed E-state index contributed by atoms with van der Waals surface area (Å²) in [5.41, 5.74) is 5.21. The van der Waals surface area contributed by atoms with Crippen LogP contribution in [0.15, 0.2) is 25.2 Å². The first kappa shape index (κ1) is 16.5. The van der Waals surface area contributed by atoms with Gasteiger partial charge in [-0.05, 0) is 26.8 Å². The number of nitrogens with one attached hydrogen (secondary N) is 1. The molecule has 1 N–H and O–H groups in total. The lowest BCUT2D eigenvalue weighted by Crippen LogP contribution is -2.54. The number of hydrogen-bond acceptors (Lipinski definition) is 4. The topological polar surface area (TPSA) is 53.0 Å². The molecule has 0 saturated carbocycles. The smallest absolute Gasteiger partial charge is 0.0926 e. The van der Waals surface area contributed by atoms with Crippen molar-refractivity contribution in [2.75, 3.05) is 26.7 Å². The molecule has 4 rings (SSSR count). The largest absolute Gasteiger partial charge is 0.348 e. The van der Waals surface area contributed by atoms with Crippen LogP contribution in [0.2, 0.25) is 0 Å². The van der Waals surface area contributed by atoms with Crippen LogP contribution >= 0.6 is 0 Å². The summed E-state index contributed by atoms with van der Waals surface area (Å²) in [7, 11) is 2.26. The van der Waals surface area contributed by atoms with E-state index in [1.54, 1.807) is 0 Å². The van der Waals surface area contributed by atoms with Crippen molar-refractivity contribution in [1.82, 2.24) is 29.5 Å². The van der Waals surface area contributed by atoms with Crippen molar-refractivity contribution >= 4 is 0 Å². The van der Waals surface area contributed by atoms with E-state index in [-0.39, 0.29) is 5.54 Å². The monoisotopic (exact) mass is 340 g/mol. The van der Waals surface area contributed by atoms with Gasteiger partial charge in [-0.3, -0.25) is 14.5 Å². The molecule has 2 aliphatic heterocycles. The van der Waals surface area contributed by atoms with E-state index in [1.165, 1.54) is 17.0 Å². The van der Waals surface area contributed by atoms with E-state index in [1.807, 2.05) is 17.1 Å². The molecule has 0 aliphatic carbocycles. The molecule has 2 aromatic heterocycles. The van der Waals surface area contributed by atoms with Gasteiger partial charge in [0, 0.05) is 50.1 Å². The van der Waals surface area contributed by atoms with E-state index in [0.717, 1.165) is 57.7 Å². The van der Waals surface area contributed by atoms with Gasteiger partial charge < -0.3 is 4.98 Å². The van der Waals surface area contributed by atoms with Gasteiger partial charge in [-0.15, -0.1) is 6.58 Å². The van der Waals surface area contributed by atoms with Crippen LogP contribution in [-0.2, 0) is 25.0 Å². The maximum atomic E-state index is 4.69. The molecule has 0 aromatic carbocycles. The fourth-order valence-corrected chi connectivity index (χ4v) is 4.47. The average Bonchev–Trinajstić information content (AvgIpc) is 3.21. The van der Waals surface area contributed by atoms with Gasteiger partial charge in [-0.25, -0.2) is 4.98 Å². The molecule has 1 fully saturated rings. The highest BCUT2D eigenvalue weighted by Crippen LogP contribution is 2.41. The SMILES string of the molecule is C=CCn1cc(CN2CCC3(CC2)c2nc[nH]c2CCN3C)c(C)n1. The number of nitrogens with zero attached hydrogens (tertiary/aromatic N) is 5. The Balaban J connectivity index is 1.46. The molecule has 0 radical (unpaired) electrons. The Kier molecular flexibility index (Phi) is 4.25. The lowest BCUT2D eigenvalue weighted by Gasteiger charge is -2.49. The number of imidazole rings is 1. The van der Waals surface area contributed by atoms with Crippen molar-refractivity contribution in [3.05, 3.63) is 47.8 Å². The third kappa shape index (κ3) is 2.83. The Morgan fingerprint density at radius 3 is 2.88 bits per heavy atom. The second kappa shape index (κ2) is 6.42. The van der Waals surface area contributed by atoms with Gasteiger partial charge in [0.2, 0.25) is 0 Å². The maximum absolute atomic E-state index is 4.69. The van der Waals surface area contributed by atoms with Crippen LogP contribution in [-0.4, -0.2) is 56.2 Å². The summed E-state index contributed by atoms with van der Waals surface area (Å²) >= 11 is 0. The first-order valence-electron chi connectivity index (χ1n) is 9.22. The summed E-state index contributed by atoms with van der Waals surface area (Å²) in [6, 6.07) is 0. The number of H-pyrrole nitrogens is 1. The number of hydrogen-bond donors (Lipinski definition) is 1. The highest BCUT2D eigenvalue weighted by molar-refractivity contribution is 5.26. The molecule has 6 nitrogen and oxygen atoms in total. The van der Waals surface area contributed by atoms with Gasteiger partial charge in [0.05, 0.1) is 29.8 Å². The fourth-order valence-electron chi connectivity index (χ4n) is 4.47. The second-order valence-corrected chi connectivity index (χ2v) is 7.46. The highest BCUT2D eigenvalue weighted by atomic mass is 15.3. The van der Waals surface area contributed by atoms with Gasteiger partial charge in [-0.2, -0.15) is 5.10 Å². The molecule has 2 aromatic rings. The van der Waals surface area contributed by atoms with Crippen LogP contribution in [0, 0.1) is 6.92 Å². The zero-order valence-corrected chi connectivity index (χ0v) is 15.3. The van der Waals surface area contributed by atoms with Gasteiger partial charge >= 0.3 is 0 Å². The van der Waals surface area contributed by atoms with Crippen LogP contribution < -0.4 is 0 Å². The number of piperidine rings is 1. The normalized spacial score (nSPS) is 20.7. The summed E-state index contributed by atoms with van der Waals surface area (Å²) in [6.45, 7) is 11.0. The van der Waals surface area contributed by atoms with E-state index in [9.17, 15) is 0 Å². The summed E-state index contributed by atoms with van der Waals surface area (Å²) in [6.07, 6.45) is 9.29. The number of allylic oxidation sites excluding steroid dienone is 1. The van der Waals surface area contributed by atoms with Gasteiger partial charge in [0.25, 0.3) is 0 Å². The van der Waals surface area contributed by atoms with Crippen LogP contribution in [0.3, 0.4) is 0 Å². The van der Waals surface area contributed by atoms with Crippen molar-refractivity contribution in [3.63, 3.8) is 0 Å². The standard InChI is InChI=1S/C19H28N6/c1-4-8-25-13-16(15(2)22-25)12-24-10-6-19(7-11-24)18-17(20-14-21-18)5-9-23(19)3/h4,13-14H,1,5-12H2,2-3H3,(H,20,21).